The molecule has 6 rings (SSSR count). The topological polar surface area (TPSA) is 0 Å². The Hall–Kier alpha value is -1.14. The number of hydrogen-bond acceptors (Lipinski definition) is 0. The van der Waals surface area contributed by atoms with Gasteiger partial charge < -0.3 is 0 Å². The SMILES string of the molecule is CC(C)(C)C1=C[C]2[C](C=C1)[C]1C=CC(C(C)(C)C)=C[C]1[C]2C([C]1[CH][CH][CH][CH]1)(c1ccccc1)c1ccccc1.[Cl][Zr+2][Cl]. The third-order valence-corrected chi connectivity index (χ3v) is 8.48. The zero-order valence-electron chi connectivity index (χ0n) is 25.3. The molecule has 0 N–H and O–H groups in total. The third-order valence-electron chi connectivity index (χ3n) is 8.48. The quantitative estimate of drug-likeness (QED) is 0.304. The molecule has 42 heavy (non-hydrogen) atoms. The molecule has 0 bridgehead atoms. The molecule has 0 unspecified atom stereocenters. The number of hydrogen-bond donors (Lipinski definition) is 0. The van der Waals surface area contributed by atoms with Crippen LogP contribution in [-0.2, 0) is 26.3 Å². The van der Waals surface area contributed by atoms with Crippen LogP contribution in [0.3, 0.4) is 0 Å². The van der Waals surface area contributed by atoms with Gasteiger partial charge >= 0.3 is 37.9 Å². The maximum absolute atomic E-state index is 4.93. The van der Waals surface area contributed by atoms with Crippen LogP contribution in [0.5, 0.6) is 0 Å². The molecule has 2 saturated carbocycles. The van der Waals surface area contributed by atoms with Crippen LogP contribution in [0.25, 0.3) is 0 Å². The van der Waals surface area contributed by atoms with Crippen molar-refractivity contribution in [1.29, 1.82) is 0 Å². The maximum atomic E-state index is 4.93. The van der Waals surface area contributed by atoms with Gasteiger partial charge in [-0.2, -0.15) is 0 Å². The summed E-state index contributed by atoms with van der Waals surface area (Å²) in [5.74, 6) is 8.03. The van der Waals surface area contributed by atoms with Gasteiger partial charge in [0, 0.05) is 35.0 Å². The number of allylic oxidation sites excluding steroid dienone is 8. The van der Waals surface area contributed by atoms with Crippen LogP contribution in [0.4, 0.5) is 0 Å². The third kappa shape index (κ3) is 6.06. The molecule has 3 heteroatoms. The van der Waals surface area contributed by atoms with Crippen molar-refractivity contribution < 1.29 is 20.8 Å². The summed E-state index contributed by atoms with van der Waals surface area (Å²) >= 11 is -0.826. The van der Waals surface area contributed by atoms with E-state index in [1.807, 2.05) is 0 Å². The molecular weight excluding hydrogens is 631 g/mol. The molecule has 2 aromatic carbocycles. The Bertz CT molecular complexity index is 1220. The fourth-order valence-electron chi connectivity index (χ4n) is 6.39. The van der Waals surface area contributed by atoms with Gasteiger partial charge in [0.1, 0.15) is 0 Å². The monoisotopic (exact) mass is 666 g/mol. The first-order valence-corrected chi connectivity index (χ1v) is 20.8. The normalized spacial score (nSPS) is 20.9. The molecule has 0 aliphatic heterocycles. The van der Waals surface area contributed by atoms with E-state index in [1.165, 1.54) is 57.8 Å². The Balaban J connectivity index is 0.00000113. The molecule has 2 aromatic rings. The van der Waals surface area contributed by atoms with E-state index in [1.54, 1.807) is 0 Å². The summed E-state index contributed by atoms with van der Waals surface area (Å²) in [6.07, 6.45) is 23.3. The second-order valence-electron chi connectivity index (χ2n) is 13.1. The van der Waals surface area contributed by atoms with Crippen molar-refractivity contribution in [2.45, 2.75) is 47.0 Å². The van der Waals surface area contributed by atoms with Crippen LogP contribution in [0.15, 0.2) is 108 Å². The van der Waals surface area contributed by atoms with Gasteiger partial charge in [-0.25, -0.2) is 0 Å². The Kier molecular flexibility index (Phi) is 10.0. The van der Waals surface area contributed by atoms with Crippen molar-refractivity contribution in [2.24, 2.45) is 10.8 Å². The first-order valence-electron chi connectivity index (χ1n) is 14.5. The average Bonchev–Trinajstić information content (AvgIpc) is 3.62. The molecule has 2 fully saturated rings. The molecule has 0 nitrogen and oxygen atoms in total. The number of benzene rings is 2. The van der Waals surface area contributed by atoms with E-state index in [2.05, 4.69) is 164 Å². The van der Waals surface area contributed by atoms with Crippen LogP contribution in [-0.4, -0.2) is 0 Å². The van der Waals surface area contributed by atoms with E-state index < -0.39 is 26.3 Å². The molecule has 0 aromatic heterocycles. The fraction of sp³-hybridized carbons (Fsp3) is 0.231. The predicted octanol–water partition coefficient (Wildman–Crippen LogP) is 10.7. The fourth-order valence-corrected chi connectivity index (χ4v) is 6.39. The van der Waals surface area contributed by atoms with E-state index in [0.717, 1.165) is 0 Å². The van der Waals surface area contributed by atoms with Crippen molar-refractivity contribution in [1.82, 2.24) is 0 Å². The number of rotatable bonds is 4. The molecule has 0 saturated heterocycles. The van der Waals surface area contributed by atoms with Gasteiger partial charge in [-0.05, 0) is 64.7 Å². The Morgan fingerprint density at radius 1 is 0.524 bits per heavy atom. The van der Waals surface area contributed by atoms with E-state index in [4.69, 9.17) is 17.0 Å². The summed E-state index contributed by atoms with van der Waals surface area (Å²) in [6.45, 7) is 13.9. The minimum atomic E-state index is -0.826. The van der Waals surface area contributed by atoms with Gasteiger partial charge in [-0.1, -0.05) is 139 Å². The van der Waals surface area contributed by atoms with Gasteiger partial charge in [0.2, 0.25) is 0 Å². The van der Waals surface area contributed by atoms with Crippen molar-refractivity contribution in [3.8, 4) is 0 Å². The van der Waals surface area contributed by atoms with Crippen molar-refractivity contribution in [3.05, 3.63) is 181 Å². The molecule has 0 heterocycles. The zero-order chi connectivity index (χ0) is 30.1. The molecule has 4 aliphatic rings. The van der Waals surface area contributed by atoms with Crippen LogP contribution in [0.1, 0.15) is 52.7 Å². The van der Waals surface area contributed by atoms with Crippen molar-refractivity contribution in [2.75, 3.05) is 0 Å². The van der Waals surface area contributed by atoms with E-state index in [9.17, 15) is 0 Å². The summed E-state index contributed by atoms with van der Waals surface area (Å²) < 4.78 is 0. The van der Waals surface area contributed by atoms with Crippen LogP contribution in [0.2, 0.25) is 0 Å². The standard InChI is InChI=1S/C39H38.2ClH.Zr/c1-37(2,3)30-21-23-32-33-24-22-31(38(4,5)6)26-35(33)36(34(32)25-30)39(29-19-13-14-20-29,27-15-9-7-10-16-27)28-17-11-8-12-18-28;;;/h7-26H,1-6H3;2*1H;/q;;;+4/p-2. The molecule has 0 spiro atoms. The van der Waals surface area contributed by atoms with Gasteiger partial charge in [0.25, 0.3) is 0 Å². The van der Waals surface area contributed by atoms with Crippen LogP contribution < -0.4 is 0 Å². The van der Waals surface area contributed by atoms with Crippen LogP contribution in [0, 0.1) is 72.0 Å². The van der Waals surface area contributed by atoms with Crippen LogP contribution >= 0.6 is 17.0 Å². The molecule has 4 aliphatic carbocycles. The summed E-state index contributed by atoms with van der Waals surface area (Å²) in [7, 11) is 9.87. The average molecular weight is 669 g/mol. The first-order chi connectivity index (χ1) is 20.0. The van der Waals surface area contributed by atoms with Gasteiger partial charge in [0.05, 0.1) is 0 Å². The Labute approximate surface area is 274 Å². The summed E-state index contributed by atoms with van der Waals surface area (Å²) in [6, 6.07) is 22.2. The van der Waals surface area contributed by atoms with Gasteiger partial charge in [0.15, 0.2) is 0 Å². The molecule has 210 valence electrons. The molecule has 0 atom stereocenters. The zero-order valence-corrected chi connectivity index (χ0v) is 29.3. The van der Waals surface area contributed by atoms with Gasteiger partial charge in [-0.15, -0.1) is 0 Å². The minimum absolute atomic E-state index is 0.0495. The Morgan fingerprint density at radius 3 is 1.26 bits per heavy atom. The molecule has 10 radical (unpaired) electrons. The number of fused-ring (bicyclic) bond motifs is 3. The first kappa shape index (κ1) is 32.3. The summed E-state index contributed by atoms with van der Waals surface area (Å²) in [5.41, 5.74) is 4.93. The number of halogens is 2. The predicted molar refractivity (Wildman–Crippen MR) is 175 cm³/mol. The summed E-state index contributed by atoms with van der Waals surface area (Å²) in [4.78, 5) is 0. The van der Waals surface area contributed by atoms with Gasteiger partial charge in [-0.3, -0.25) is 0 Å². The van der Waals surface area contributed by atoms with E-state index in [0.29, 0.717) is 0 Å². The van der Waals surface area contributed by atoms with Crippen molar-refractivity contribution >= 4 is 17.0 Å². The second kappa shape index (κ2) is 13.1. The van der Waals surface area contributed by atoms with E-state index >= 15 is 0 Å². The molecule has 0 amide bonds. The van der Waals surface area contributed by atoms with E-state index in [-0.39, 0.29) is 10.8 Å². The Morgan fingerprint density at radius 2 is 0.905 bits per heavy atom. The molecular formula is C39H38Cl2Zr+2. The second-order valence-corrected chi connectivity index (χ2v) is 16.9. The van der Waals surface area contributed by atoms with Crippen molar-refractivity contribution in [3.63, 3.8) is 0 Å². The summed E-state index contributed by atoms with van der Waals surface area (Å²) in [5, 5.41) is 0.